The van der Waals surface area contributed by atoms with Crippen molar-refractivity contribution in [1.82, 2.24) is 4.57 Å². The molecule has 1 aromatic heterocycles. The number of aromatic nitrogens is 1. The van der Waals surface area contributed by atoms with Gasteiger partial charge in [0.25, 0.3) is 0 Å². The minimum absolute atomic E-state index is 0.187. The molecule has 7 nitrogen and oxygen atoms in total. The summed E-state index contributed by atoms with van der Waals surface area (Å²) >= 11 is 0. The summed E-state index contributed by atoms with van der Waals surface area (Å²) in [6.07, 6.45) is 2.29. The minimum Gasteiger partial charge on any atom is -0.493 e. The molecule has 0 amide bonds. The Balaban J connectivity index is 1.53. The molecule has 2 aromatic rings. The van der Waals surface area contributed by atoms with Crippen LogP contribution in [0, 0.1) is 20.8 Å². The zero-order valence-electron chi connectivity index (χ0n) is 18.0. The first-order valence-corrected chi connectivity index (χ1v) is 10.1. The van der Waals surface area contributed by atoms with Crippen molar-refractivity contribution in [3.63, 3.8) is 0 Å². The lowest BCUT2D eigenvalue weighted by Crippen LogP contribution is -2.20. The number of rotatable bonds is 9. The average molecular weight is 415 g/mol. The maximum atomic E-state index is 12.6. The van der Waals surface area contributed by atoms with Crippen LogP contribution >= 0.6 is 0 Å². The number of carbonyl (C=O) groups is 2. The molecule has 0 saturated carbocycles. The highest BCUT2D eigenvalue weighted by molar-refractivity contribution is 5.99. The number of hydrogen-bond donors (Lipinski definition) is 0. The Morgan fingerprint density at radius 2 is 1.93 bits per heavy atom. The van der Waals surface area contributed by atoms with Gasteiger partial charge in [-0.3, -0.25) is 4.79 Å². The molecule has 1 aromatic carbocycles. The van der Waals surface area contributed by atoms with Crippen LogP contribution in [0.2, 0.25) is 0 Å². The highest BCUT2D eigenvalue weighted by Gasteiger charge is 2.21. The van der Waals surface area contributed by atoms with E-state index in [4.69, 9.17) is 18.9 Å². The number of carbonyl (C=O) groups excluding carboxylic acids is 2. The third-order valence-electron chi connectivity index (χ3n) is 5.31. The van der Waals surface area contributed by atoms with E-state index >= 15 is 0 Å². The van der Waals surface area contributed by atoms with E-state index in [1.807, 2.05) is 39.0 Å². The van der Waals surface area contributed by atoms with Gasteiger partial charge in [-0.2, -0.15) is 0 Å². The van der Waals surface area contributed by atoms with E-state index in [1.54, 1.807) is 6.07 Å². The van der Waals surface area contributed by atoms with Crippen molar-refractivity contribution < 1.29 is 28.5 Å². The van der Waals surface area contributed by atoms with E-state index < -0.39 is 5.97 Å². The van der Waals surface area contributed by atoms with E-state index in [0.717, 1.165) is 42.9 Å². The Kier molecular flexibility index (Phi) is 7.15. The Morgan fingerprint density at radius 3 is 2.63 bits per heavy atom. The third-order valence-corrected chi connectivity index (χ3v) is 5.31. The lowest BCUT2D eigenvalue weighted by molar-refractivity contribution is -0.144. The predicted molar refractivity (Wildman–Crippen MR) is 111 cm³/mol. The van der Waals surface area contributed by atoms with E-state index in [9.17, 15) is 9.59 Å². The first-order chi connectivity index (χ1) is 14.4. The smallest absolute Gasteiger partial charge is 0.344 e. The molecule has 0 radical (unpaired) electrons. The number of nitrogens with zero attached hydrogens (tertiary/aromatic N) is 1. The predicted octanol–water partition coefficient (Wildman–Crippen LogP) is 3.41. The molecule has 3 rings (SSSR count). The molecule has 1 fully saturated rings. The van der Waals surface area contributed by atoms with Gasteiger partial charge >= 0.3 is 5.97 Å². The molecule has 30 heavy (non-hydrogen) atoms. The summed E-state index contributed by atoms with van der Waals surface area (Å²) in [6, 6.07) is 7.25. The van der Waals surface area contributed by atoms with E-state index in [1.165, 1.54) is 7.11 Å². The monoisotopic (exact) mass is 415 g/mol. The number of ether oxygens (including phenoxy) is 4. The number of Topliss-reactive ketones (excluding diaryl/α,β-unsaturated/α-hetero) is 1. The second kappa shape index (κ2) is 9.80. The SMILES string of the molecule is COc1cc(C)ccc1OCC(=O)OCC(=O)c1cc(C)n(C[C@H]2CCCO2)c1C. The standard InChI is InChI=1S/C23H29NO6/c1-15-7-8-21(22(10-15)27-4)29-14-23(26)30-13-20(25)19-11-16(2)24(17(19)3)12-18-6-5-9-28-18/h7-8,10-11,18H,5-6,9,12-14H2,1-4H3/t18-/m1/s1. The van der Waals surface area contributed by atoms with Crippen LogP contribution in [0.3, 0.4) is 0 Å². The van der Waals surface area contributed by atoms with Gasteiger partial charge in [-0.1, -0.05) is 6.07 Å². The summed E-state index contributed by atoms with van der Waals surface area (Å²) in [5.74, 6) is 0.142. The quantitative estimate of drug-likeness (QED) is 0.462. The minimum atomic E-state index is -0.612. The molecule has 162 valence electrons. The zero-order chi connectivity index (χ0) is 21.7. The number of hydrogen-bond acceptors (Lipinski definition) is 6. The van der Waals surface area contributed by atoms with Crippen LogP contribution in [0.4, 0.5) is 0 Å². The Morgan fingerprint density at radius 1 is 1.13 bits per heavy atom. The molecular formula is C23H29NO6. The molecule has 1 saturated heterocycles. The molecule has 0 bridgehead atoms. The average Bonchev–Trinajstić information content (AvgIpc) is 3.34. The van der Waals surface area contributed by atoms with Crippen molar-refractivity contribution in [1.29, 1.82) is 0 Å². The van der Waals surface area contributed by atoms with Gasteiger partial charge in [-0.25, -0.2) is 4.79 Å². The van der Waals surface area contributed by atoms with Crippen LogP contribution in [0.15, 0.2) is 24.3 Å². The second-order valence-electron chi connectivity index (χ2n) is 7.56. The zero-order valence-corrected chi connectivity index (χ0v) is 18.0. The van der Waals surface area contributed by atoms with Gasteiger partial charge < -0.3 is 23.5 Å². The van der Waals surface area contributed by atoms with E-state index in [2.05, 4.69) is 4.57 Å². The number of ketones is 1. The van der Waals surface area contributed by atoms with Gasteiger partial charge in [0.05, 0.1) is 13.2 Å². The van der Waals surface area contributed by atoms with Crippen molar-refractivity contribution in [3.05, 3.63) is 46.8 Å². The fourth-order valence-electron chi connectivity index (χ4n) is 3.65. The summed E-state index contributed by atoms with van der Waals surface area (Å²) in [6.45, 7) is 6.71. The highest BCUT2D eigenvalue weighted by atomic mass is 16.6. The van der Waals surface area contributed by atoms with Crippen LogP contribution in [0.25, 0.3) is 0 Å². The van der Waals surface area contributed by atoms with Gasteiger partial charge in [-0.15, -0.1) is 0 Å². The second-order valence-corrected chi connectivity index (χ2v) is 7.56. The fraction of sp³-hybridized carbons (Fsp3) is 0.478. The van der Waals surface area contributed by atoms with Gasteiger partial charge in [0.15, 0.2) is 24.7 Å². The Labute approximate surface area is 176 Å². The number of esters is 1. The van der Waals surface area contributed by atoms with Crippen molar-refractivity contribution >= 4 is 11.8 Å². The maximum absolute atomic E-state index is 12.6. The molecule has 7 heteroatoms. The third kappa shape index (κ3) is 5.21. The summed E-state index contributed by atoms with van der Waals surface area (Å²) < 4.78 is 23.6. The number of aryl methyl sites for hydroxylation is 2. The van der Waals surface area contributed by atoms with Crippen LogP contribution < -0.4 is 9.47 Å². The van der Waals surface area contributed by atoms with Gasteiger partial charge in [0.1, 0.15) is 0 Å². The molecule has 1 aliphatic heterocycles. The molecule has 0 spiro atoms. The van der Waals surface area contributed by atoms with E-state index in [-0.39, 0.29) is 25.1 Å². The first-order valence-electron chi connectivity index (χ1n) is 10.1. The van der Waals surface area contributed by atoms with Crippen molar-refractivity contribution in [2.45, 2.75) is 46.3 Å². The van der Waals surface area contributed by atoms with Crippen molar-refractivity contribution in [3.8, 4) is 11.5 Å². The van der Waals surface area contributed by atoms with Crippen LogP contribution in [-0.4, -0.2) is 49.4 Å². The fourth-order valence-corrected chi connectivity index (χ4v) is 3.65. The maximum Gasteiger partial charge on any atom is 0.344 e. The highest BCUT2D eigenvalue weighted by Crippen LogP contribution is 2.27. The largest absolute Gasteiger partial charge is 0.493 e. The molecule has 0 N–H and O–H groups in total. The summed E-state index contributed by atoms with van der Waals surface area (Å²) in [4.78, 5) is 24.6. The summed E-state index contributed by atoms with van der Waals surface area (Å²) in [5.41, 5.74) is 3.45. The summed E-state index contributed by atoms with van der Waals surface area (Å²) in [7, 11) is 1.54. The molecule has 0 aliphatic carbocycles. The van der Waals surface area contributed by atoms with Crippen molar-refractivity contribution in [2.24, 2.45) is 0 Å². The van der Waals surface area contributed by atoms with Crippen LogP contribution in [0.1, 0.15) is 40.2 Å². The topological polar surface area (TPSA) is 76.0 Å². The van der Waals surface area contributed by atoms with Gasteiger partial charge in [0.2, 0.25) is 5.78 Å². The van der Waals surface area contributed by atoms with E-state index in [0.29, 0.717) is 17.1 Å². The number of benzene rings is 1. The molecule has 0 unspecified atom stereocenters. The molecular weight excluding hydrogens is 386 g/mol. The van der Waals surface area contributed by atoms with Crippen LogP contribution in [0.5, 0.6) is 11.5 Å². The normalized spacial score (nSPS) is 15.8. The molecule has 2 heterocycles. The summed E-state index contributed by atoms with van der Waals surface area (Å²) in [5, 5.41) is 0. The number of methoxy groups -OCH3 is 1. The molecule has 1 atom stereocenters. The molecule has 1 aliphatic rings. The Bertz CT molecular complexity index is 911. The Hall–Kier alpha value is -2.80. The van der Waals surface area contributed by atoms with Crippen LogP contribution in [-0.2, 0) is 20.8 Å². The first kappa shape index (κ1) is 21.9. The van der Waals surface area contributed by atoms with Gasteiger partial charge in [-0.05, 0) is 57.4 Å². The van der Waals surface area contributed by atoms with Gasteiger partial charge in [0, 0.05) is 30.1 Å². The lowest BCUT2D eigenvalue weighted by atomic mass is 10.1. The van der Waals surface area contributed by atoms with Crippen molar-refractivity contribution in [2.75, 3.05) is 26.9 Å². The lowest BCUT2D eigenvalue weighted by Gasteiger charge is -2.14.